The van der Waals surface area contributed by atoms with Gasteiger partial charge < -0.3 is 15.2 Å². The summed E-state index contributed by atoms with van der Waals surface area (Å²) in [6, 6.07) is 8.00. The van der Waals surface area contributed by atoms with Crippen molar-refractivity contribution in [1.29, 1.82) is 0 Å². The van der Waals surface area contributed by atoms with Gasteiger partial charge in [-0.1, -0.05) is 29.8 Å². The van der Waals surface area contributed by atoms with Gasteiger partial charge in [-0.05, 0) is 18.9 Å². The third-order valence-corrected chi connectivity index (χ3v) is 3.32. The molecule has 0 saturated carbocycles. The number of nitrogens with one attached hydrogen (secondary N) is 1. The lowest BCUT2D eigenvalue weighted by Crippen LogP contribution is -2.59. The van der Waals surface area contributed by atoms with Crippen molar-refractivity contribution in [1.82, 2.24) is 5.32 Å². The first-order chi connectivity index (χ1) is 9.04. The zero-order valence-electron chi connectivity index (χ0n) is 10.8. The highest BCUT2D eigenvalue weighted by molar-refractivity contribution is 6.03. The van der Waals surface area contributed by atoms with E-state index in [0.29, 0.717) is 13.0 Å². The molecule has 1 amide bonds. The minimum Gasteiger partial charge on any atom is -0.480 e. The second-order valence-corrected chi connectivity index (χ2v) is 4.88. The van der Waals surface area contributed by atoms with Crippen molar-refractivity contribution in [2.24, 2.45) is 5.41 Å². The summed E-state index contributed by atoms with van der Waals surface area (Å²) in [7, 11) is 0. The van der Waals surface area contributed by atoms with Crippen LogP contribution in [0.15, 0.2) is 24.3 Å². The van der Waals surface area contributed by atoms with Crippen molar-refractivity contribution in [3.05, 3.63) is 35.4 Å². The summed E-state index contributed by atoms with van der Waals surface area (Å²) in [5.74, 6) is -1.58. The van der Waals surface area contributed by atoms with Gasteiger partial charge in [-0.3, -0.25) is 9.59 Å². The molecule has 1 saturated heterocycles. The summed E-state index contributed by atoms with van der Waals surface area (Å²) in [5.41, 5.74) is 0.903. The van der Waals surface area contributed by atoms with Gasteiger partial charge in [0.1, 0.15) is 0 Å². The Morgan fingerprint density at radius 1 is 1.42 bits per heavy atom. The van der Waals surface area contributed by atoms with Crippen LogP contribution in [0, 0.1) is 12.3 Å². The number of hydrogen-bond donors (Lipinski definition) is 2. The lowest BCUT2D eigenvalue weighted by Gasteiger charge is -2.35. The van der Waals surface area contributed by atoms with Crippen molar-refractivity contribution in [2.75, 3.05) is 19.8 Å². The van der Waals surface area contributed by atoms with Crippen LogP contribution >= 0.6 is 0 Å². The maximum absolute atomic E-state index is 11.9. The molecule has 1 fully saturated rings. The molecule has 1 aliphatic rings. The summed E-state index contributed by atoms with van der Waals surface area (Å²) in [4.78, 5) is 23.0. The maximum Gasteiger partial charge on any atom is 0.324 e. The van der Waals surface area contributed by atoms with Crippen LogP contribution in [-0.2, 0) is 20.7 Å². The van der Waals surface area contributed by atoms with E-state index in [-0.39, 0.29) is 13.2 Å². The Bertz CT molecular complexity index is 494. The van der Waals surface area contributed by atoms with Gasteiger partial charge in [0.05, 0.1) is 13.2 Å². The molecule has 2 rings (SSSR count). The van der Waals surface area contributed by atoms with Crippen LogP contribution in [0.25, 0.3) is 0 Å². The molecule has 1 aliphatic heterocycles. The van der Waals surface area contributed by atoms with Gasteiger partial charge >= 0.3 is 5.97 Å². The Morgan fingerprint density at radius 3 is 2.68 bits per heavy atom. The third kappa shape index (κ3) is 2.76. The van der Waals surface area contributed by atoms with Crippen LogP contribution in [0.1, 0.15) is 11.1 Å². The molecule has 0 radical (unpaired) electrons. The number of carboxylic acid groups (broad SMARTS) is 1. The minimum absolute atomic E-state index is 0.0430. The molecule has 1 aromatic rings. The van der Waals surface area contributed by atoms with Crippen LogP contribution < -0.4 is 5.32 Å². The number of carbonyl (C=O) groups excluding carboxylic acids is 1. The van der Waals surface area contributed by atoms with Crippen molar-refractivity contribution in [2.45, 2.75) is 13.3 Å². The Morgan fingerprint density at radius 2 is 2.16 bits per heavy atom. The molecule has 0 atom stereocenters. The summed E-state index contributed by atoms with van der Waals surface area (Å²) < 4.78 is 4.86. The zero-order valence-corrected chi connectivity index (χ0v) is 10.8. The fraction of sp³-hybridized carbons (Fsp3) is 0.429. The van der Waals surface area contributed by atoms with Crippen molar-refractivity contribution in [3.8, 4) is 0 Å². The Balaban J connectivity index is 1.86. The molecular formula is C14H17NO4. The predicted molar refractivity (Wildman–Crippen MR) is 68.8 cm³/mol. The van der Waals surface area contributed by atoms with E-state index < -0.39 is 17.3 Å². The van der Waals surface area contributed by atoms with E-state index in [1.807, 2.05) is 31.2 Å². The summed E-state index contributed by atoms with van der Waals surface area (Å²) in [6.07, 6.45) is 0.685. The number of aliphatic carboxylic acids is 1. The van der Waals surface area contributed by atoms with Crippen LogP contribution in [0.4, 0.5) is 0 Å². The molecule has 19 heavy (non-hydrogen) atoms. The molecule has 0 aromatic heterocycles. The highest BCUT2D eigenvalue weighted by atomic mass is 16.5. The molecule has 0 aliphatic carbocycles. The number of rotatable bonds is 5. The van der Waals surface area contributed by atoms with E-state index in [1.165, 1.54) is 5.56 Å². The second kappa shape index (κ2) is 5.40. The molecular weight excluding hydrogens is 246 g/mol. The number of benzene rings is 1. The van der Waals surface area contributed by atoms with Crippen LogP contribution in [0.2, 0.25) is 0 Å². The van der Waals surface area contributed by atoms with Crippen LogP contribution in [0.5, 0.6) is 0 Å². The van der Waals surface area contributed by atoms with E-state index in [9.17, 15) is 9.59 Å². The molecule has 5 heteroatoms. The summed E-state index contributed by atoms with van der Waals surface area (Å²) in [5, 5.41) is 11.7. The highest BCUT2D eigenvalue weighted by Crippen LogP contribution is 2.27. The molecule has 2 N–H and O–H groups in total. The Kier molecular flexibility index (Phi) is 3.85. The number of carbonyl (C=O) groups is 2. The van der Waals surface area contributed by atoms with E-state index in [0.717, 1.165) is 5.56 Å². The van der Waals surface area contributed by atoms with Crippen molar-refractivity contribution >= 4 is 11.9 Å². The van der Waals surface area contributed by atoms with Gasteiger partial charge in [-0.2, -0.15) is 0 Å². The maximum atomic E-state index is 11.9. The second-order valence-electron chi connectivity index (χ2n) is 4.88. The SMILES string of the molecule is Cc1cccc(CCNC(=O)C2(C(=O)O)COC2)c1. The van der Waals surface area contributed by atoms with Crippen LogP contribution in [-0.4, -0.2) is 36.7 Å². The fourth-order valence-corrected chi connectivity index (χ4v) is 2.02. The van der Waals surface area contributed by atoms with Gasteiger partial charge in [0.25, 0.3) is 0 Å². The number of amides is 1. The third-order valence-electron chi connectivity index (χ3n) is 3.32. The zero-order chi connectivity index (χ0) is 13.9. The predicted octanol–water partition coefficient (Wildman–Crippen LogP) is 0.755. The smallest absolute Gasteiger partial charge is 0.324 e. The first-order valence-corrected chi connectivity index (χ1v) is 6.19. The van der Waals surface area contributed by atoms with E-state index >= 15 is 0 Å². The topological polar surface area (TPSA) is 75.6 Å². The largest absolute Gasteiger partial charge is 0.480 e. The lowest BCUT2D eigenvalue weighted by molar-refractivity contribution is -0.185. The monoisotopic (exact) mass is 263 g/mol. The van der Waals surface area contributed by atoms with E-state index in [2.05, 4.69) is 5.32 Å². The normalized spacial score (nSPS) is 16.5. The molecule has 102 valence electrons. The first-order valence-electron chi connectivity index (χ1n) is 6.19. The van der Waals surface area contributed by atoms with Gasteiger partial charge in [0.15, 0.2) is 5.41 Å². The van der Waals surface area contributed by atoms with Crippen molar-refractivity contribution in [3.63, 3.8) is 0 Å². The molecule has 0 bridgehead atoms. The average Bonchev–Trinajstić information content (AvgIpc) is 2.26. The Labute approximate surface area is 111 Å². The molecule has 0 spiro atoms. The molecule has 1 heterocycles. The molecule has 1 aromatic carbocycles. The number of carboxylic acids is 1. The van der Waals surface area contributed by atoms with E-state index in [4.69, 9.17) is 9.84 Å². The Hall–Kier alpha value is -1.88. The summed E-state index contributed by atoms with van der Waals surface area (Å²) in [6.45, 7) is 2.35. The molecule has 0 unspecified atom stereocenters. The average molecular weight is 263 g/mol. The quantitative estimate of drug-likeness (QED) is 0.769. The van der Waals surface area contributed by atoms with Crippen LogP contribution in [0.3, 0.4) is 0 Å². The van der Waals surface area contributed by atoms with Gasteiger partial charge in [-0.25, -0.2) is 0 Å². The highest BCUT2D eigenvalue weighted by Gasteiger charge is 2.53. The lowest BCUT2D eigenvalue weighted by atomic mass is 9.85. The number of ether oxygens (including phenoxy) is 1. The fourth-order valence-electron chi connectivity index (χ4n) is 2.02. The first kappa shape index (κ1) is 13.5. The molecule has 5 nitrogen and oxygen atoms in total. The number of hydrogen-bond acceptors (Lipinski definition) is 3. The number of aryl methyl sites for hydroxylation is 1. The van der Waals surface area contributed by atoms with Gasteiger partial charge in [-0.15, -0.1) is 0 Å². The minimum atomic E-state index is -1.38. The standard InChI is InChI=1S/C14H17NO4/c1-10-3-2-4-11(7-10)5-6-15-12(16)14(13(17)18)8-19-9-14/h2-4,7H,5-6,8-9H2,1H3,(H,15,16)(H,17,18). The van der Waals surface area contributed by atoms with Crippen molar-refractivity contribution < 1.29 is 19.4 Å². The van der Waals surface area contributed by atoms with Gasteiger partial charge in [0.2, 0.25) is 5.91 Å². The van der Waals surface area contributed by atoms with E-state index in [1.54, 1.807) is 0 Å². The van der Waals surface area contributed by atoms with Gasteiger partial charge in [0, 0.05) is 6.54 Å². The summed E-state index contributed by atoms with van der Waals surface area (Å²) >= 11 is 0.